The molecule has 0 spiro atoms. The molecule has 0 bridgehead atoms. The molecule has 8 heteroatoms. The van der Waals surface area contributed by atoms with Gasteiger partial charge in [-0.3, -0.25) is 19.7 Å². The molecule has 1 rings (SSSR count). The van der Waals surface area contributed by atoms with Crippen LogP contribution in [-0.4, -0.2) is 58.4 Å². The summed E-state index contributed by atoms with van der Waals surface area (Å²) in [7, 11) is 0. The Kier molecular flexibility index (Phi) is 6.91. The summed E-state index contributed by atoms with van der Waals surface area (Å²) in [6.07, 6.45) is 1.73. The van der Waals surface area contributed by atoms with Gasteiger partial charge in [0.15, 0.2) is 0 Å². The summed E-state index contributed by atoms with van der Waals surface area (Å²) in [5.41, 5.74) is -0.639. The number of hydrogen-bond donors (Lipinski definition) is 5. The molecule has 0 radical (unpaired) electrons. The van der Waals surface area contributed by atoms with Crippen molar-refractivity contribution in [3.8, 4) is 0 Å². The topological polar surface area (TPSA) is 136 Å². The van der Waals surface area contributed by atoms with Crippen LogP contribution in [0.4, 0.5) is 0 Å². The number of carboxylic acid groups (broad SMARTS) is 3. The van der Waals surface area contributed by atoms with Gasteiger partial charge in [-0.25, -0.2) is 0 Å². The molecule has 0 unspecified atom stereocenters. The van der Waals surface area contributed by atoms with Crippen molar-refractivity contribution in [3.05, 3.63) is 0 Å². The standard InChI is InChI=1S/C6H11NO2.C4H7NO4/c1-6(5(8)9)3-2-4-7-6;6-3(7)1-5-2-4(8)9/h7H,2-4H2,1H3,(H,8,9);5H,1-2H2,(H,6,7)(H,8,9)/t6-;/m1./s1. The Bertz CT molecular complexity index is 297. The van der Waals surface area contributed by atoms with Crippen LogP contribution in [0, 0.1) is 0 Å². The molecule has 0 saturated carbocycles. The highest BCUT2D eigenvalue weighted by atomic mass is 16.4. The number of aliphatic carboxylic acids is 3. The lowest BCUT2D eigenvalue weighted by atomic mass is 10.0. The highest BCUT2D eigenvalue weighted by Crippen LogP contribution is 2.17. The zero-order valence-electron chi connectivity index (χ0n) is 10.1. The first kappa shape index (κ1) is 16.3. The highest BCUT2D eigenvalue weighted by Gasteiger charge is 2.35. The third-order valence-corrected chi connectivity index (χ3v) is 2.39. The molecule has 0 aromatic rings. The maximum Gasteiger partial charge on any atom is 0.323 e. The van der Waals surface area contributed by atoms with Gasteiger partial charge in [0.25, 0.3) is 0 Å². The minimum absolute atomic E-state index is 0.313. The Morgan fingerprint density at radius 3 is 1.89 bits per heavy atom. The van der Waals surface area contributed by atoms with Crippen molar-refractivity contribution in [1.82, 2.24) is 10.6 Å². The number of carbonyl (C=O) groups is 3. The van der Waals surface area contributed by atoms with Crippen LogP contribution in [0.15, 0.2) is 0 Å². The Morgan fingerprint density at radius 1 is 1.17 bits per heavy atom. The largest absolute Gasteiger partial charge is 0.480 e. The molecule has 0 aliphatic carbocycles. The molecule has 5 N–H and O–H groups in total. The number of carboxylic acids is 3. The molecule has 1 aliphatic heterocycles. The lowest BCUT2D eigenvalue weighted by Gasteiger charge is -2.16. The van der Waals surface area contributed by atoms with Gasteiger partial charge in [-0.2, -0.15) is 0 Å². The second kappa shape index (κ2) is 7.62. The van der Waals surface area contributed by atoms with E-state index >= 15 is 0 Å². The molecule has 1 fully saturated rings. The second-order valence-electron chi connectivity index (χ2n) is 4.06. The van der Waals surface area contributed by atoms with E-state index in [0.717, 1.165) is 19.4 Å². The maximum atomic E-state index is 10.5. The van der Waals surface area contributed by atoms with Crippen molar-refractivity contribution < 1.29 is 29.7 Å². The van der Waals surface area contributed by atoms with Crippen LogP contribution >= 0.6 is 0 Å². The van der Waals surface area contributed by atoms with E-state index in [9.17, 15) is 14.4 Å². The van der Waals surface area contributed by atoms with Crippen LogP contribution in [0.3, 0.4) is 0 Å². The smallest absolute Gasteiger partial charge is 0.323 e. The van der Waals surface area contributed by atoms with Crippen molar-refractivity contribution >= 4 is 17.9 Å². The Balaban J connectivity index is 0.000000321. The summed E-state index contributed by atoms with van der Waals surface area (Å²) >= 11 is 0. The number of hydrogen-bond acceptors (Lipinski definition) is 5. The van der Waals surface area contributed by atoms with Crippen molar-refractivity contribution in [3.63, 3.8) is 0 Å². The van der Waals surface area contributed by atoms with Crippen LogP contribution in [0.2, 0.25) is 0 Å². The van der Waals surface area contributed by atoms with Crippen LogP contribution < -0.4 is 10.6 Å². The molecule has 104 valence electrons. The minimum atomic E-state index is -1.06. The molecule has 1 aliphatic rings. The summed E-state index contributed by atoms with van der Waals surface area (Å²) < 4.78 is 0. The van der Waals surface area contributed by atoms with Crippen LogP contribution in [0.25, 0.3) is 0 Å². The third kappa shape index (κ3) is 6.81. The Morgan fingerprint density at radius 2 is 1.67 bits per heavy atom. The molecule has 0 amide bonds. The van der Waals surface area contributed by atoms with Crippen LogP contribution in [-0.2, 0) is 14.4 Å². The Hall–Kier alpha value is -1.67. The van der Waals surface area contributed by atoms with E-state index < -0.39 is 23.4 Å². The quantitative estimate of drug-likeness (QED) is 0.424. The SMILES string of the molecule is C[C@]1(C(=O)O)CCCN1.O=C(O)CNCC(=O)O. The summed E-state index contributed by atoms with van der Waals surface area (Å²) in [5, 5.41) is 29.7. The molecule has 1 atom stereocenters. The zero-order valence-corrected chi connectivity index (χ0v) is 10.1. The molecular formula is C10H18N2O6. The predicted molar refractivity (Wildman–Crippen MR) is 61.4 cm³/mol. The van der Waals surface area contributed by atoms with E-state index in [0.29, 0.717) is 0 Å². The van der Waals surface area contributed by atoms with Crippen LogP contribution in [0.5, 0.6) is 0 Å². The summed E-state index contributed by atoms with van der Waals surface area (Å²) in [6, 6.07) is 0. The van der Waals surface area contributed by atoms with Gasteiger partial charge in [0, 0.05) is 0 Å². The average Bonchev–Trinajstić information content (AvgIpc) is 2.66. The van der Waals surface area contributed by atoms with Gasteiger partial charge in [-0.15, -0.1) is 0 Å². The highest BCUT2D eigenvalue weighted by molar-refractivity contribution is 5.78. The molecule has 1 saturated heterocycles. The van der Waals surface area contributed by atoms with Gasteiger partial charge in [0.1, 0.15) is 5.54 Å². The monoisotopic (exact) mass is 262 g/mol. The van der Waals surface area contributed by atoms with Crippen molar-refractivity contribution in [2.45, 2.75) is 25.3 Å². The normalized spacial score (nSPS) is 21.8. The summed E-state index contributed by atoms with van der Waals surface area (Å²) in [5.74, 6) is -2.85. The first-order chi connectivity index (χ1) is 8.28. The molecule has 18 heavy (non-hydrogen) atoms. The van der Waals surface area contributed by atoms with Gasteiger partial charge < -0.3 is 20.6 Å². The van der Waals surface area contributed by atoms with Crippen molar-refractivity contribution in [1.29, 1.82) is 0 Å². The van der Waals surface area contributed by atoms with Crippen molar-refractivity contribution in [2.24, 2.45) is 0 Å². The predicted octanol–water partition coefficient (Wildman–Crippen LogP) is -1.04. The summed E-state index contributed by atoms with van der Waals surface area (Å²) in [6.45, 7) is 1.93. The molecule has 1 heterocycles. The zero-order chi connectivity index (χ0) is 14.2. The second-order valence-corrected chi connectivity index (χ2v) is 4.06. The molecular weight excluding hydrogens is 244 g/mol. The van der Waals surface area contributed by atoms with E-state index in [1.165, 1.54) is 0 Å². The van der Waals surface area contributed by atoms with E-state index in [4.69, 9.17) is 15.3 Å². The molecule has 0 aromatic heterocycles. The van der Waals surface area contributed by atoms with E-state index in [-0.39, 0.29) is 13.1 Å². The van der Waals surface area contributed by atoms with E-state index in [1.54, 1.807) is 6.92 Å². The first-order valence-corrected chi connectivity index (χ1v) is 5.40. The fraction of sp³-hybridized carbons (Fsp3) is 0.700. The van der Waals surface area contributed by atoms with E-state index in [2.05, 4.69) is 10.6 Å². The van der Waals surface area contributed by atoms with Gasteiger partial charge in [-0.1, -0.05) is 0 Å². The Labute approximate surface area is 104 Å². The number of rotatable bonds is 5. The van der Waals surface area contributed by atoms with E-state index in [1.807, 2.05) is 0 Å². The lowest BCUT2D eigenvalue weighted by Crippen LogP contribution is -2.44. The molecule has 8 nitrogen and oxygen atoms in total. The summed E-state index contributed by atoms with van der Waals surface area (Å²) in [4.78, 5) is 29.9. The van der Waals surface area contributed by atoms with Gasteiger partial charge in [-0.05, 0) is 26.3 Å². The maximum absolute atomic E-state index is 10.5. The van der Waals surface area contributed by atoms with Gasteiger partial charge in [0.2, 0.25) is 0 Å². The van der Waals surface area contributed by atoms with Gasteiger partial charge >= 0.3 is 17.9 Å². The molecule has 0 aromatic carbocycles. The fourth-order valence-electron chi connectivity index (χ4n) is 1.35. The fourth-order valence-corrected chi connectivity index (χ4v) is 1.35. The first-order valence-electron chi connectivity index (χ1n) is 5.40. The number of nitrogens with one attached hydrogen (secondary N) is 2. The lowest BCUT2D eigenvalue weighted by molar-refractivity contribution is -0.143. The average molecular weight is 262 g/mol. The van der Waals surface area contributed by atoms with Crippen LogP contribution in [0.1, 0.15) is 19.8 Å². The van der Waals surface area contributed by atoms with Gasteiger partial charge in [0.05, 0.1) is 13.1 Å². The third-order valence-electron chi connectivity index (χ3n) is 2.39. The van der Waals surface area contributed by atoms with Crippen molar-refractivity contribution in [2.75, 3.05) is 19.6 Å². The minimum Gasteiger partial charge on any atom is -0.480 e.